The van der Waals surface area contributed by atoms with Gasteiger partial charge in [0.25, 0.3) is 10.0 Å². The molecule has 0 amide bonds. The zero-order valence-corrected chi connectivity index (χ0v) is 21.1. The predicted molar refractivity (Wildman–Crippen MR) is 135 cm³/mol. The first-order valence-electron chi connectivity index (χ1n) is 11.3. The van der Waals surface area contributed by atoms with Gasteiger partial charge < -0.3 is 5.11 Å². The number of rotatable bonds is 4. The summed E-state index contributed by atoms with van der Waals surface area (Å²) in [5.74, 6) is 0.707. The van der Waals surface area contributed by atoms with E-state index < -0.39 is 15.6 Å². The molecule has 7 nitrogen and oxygen atoms in total. The number of phenols is 1. The summed E-state index contributed by atoms with van der Waals surface area (Å²) in [4.78, 5) is 12.4. The van der Waals surface area contributed by atoms with Gasteiger partial charge in [0, 0.05) is 40.7 Å². The van der Waals surface area contributed by atoms with Gasteiger partial charge in [0.2, 0.25) is 0 Å². The molecule has 0 aliphatic carbocycles. The van der Waals surface area contributed by atoms with Crippen molar-refractivity contribution in [3.63, 3.8) is 0 Å². The molecular weight excluding hydrogens is 468 g/mol. The number of piperidine rings is 1. The second-order valence-electron chi connectivity index (χ2n) is 9.24. The maximum atomic E-state index is 13.0. The molecule has 1 fully saturated rings. The maximum Gasteiger partial charge on any atom is 0.259 e. The van der Waals surface area contributed by atoms with Crippen LogP contribution in [0.3, 0.4) is 0 Å². The third-order valence-corrected chi connectivity index (χ3v) is 9.14. The molecule has 2 atom stereocenters. The van der Waals surface area contributed by atoms with E-state index in [4.69, 9.17) is 0 Å². The second-order valence-corrected chi connectivity index (χ2v) is 12.0. The Hall–Kier alpha value is -2.75. The number of nitrogens with zero attached hydrogens (tertiary/aromatic N) is 4. The van der Waals surface area contributed by atoms with Gasteiger partial charge in [-0.2, -0.15) is 0 Å². The van der Waals surface area contributed by atoms with Crippen LogP contribution in [0.25, 0.3) is 11.3 Å². The molecule has 1 spiro atoms. The first-order valence-corrected chi connectivity index (χ1v) is 13.7. The summed E-state index contributed by atoms with van der Waals surface area (Å²) in [6, 6.07) is 11.3. The summed E-state index contributed by atoms with van der Waals surface area (Å²) in [7, 11) is -3.57. The zero-order valence-electron chi connectivity index (χ0n) is 19.5. The van der Waals surface area contributed by atoms with Gasteiger partial charge in [0.05, 0.1) is 16.7 Å². The molecule has 178 valence electrons. The van der Waals surface area contributed by atoms with Crippen LogP contribution in [0.1, 0.15) is 35.9 Å². The highest BCUT2D eigenvalue weighted by atomic mass is 32.2. The zero-order chi connectivity index (χ0) is 24.1. The molecular formula is C25H28N4O3S2. The van der Waals surface area contributed by atoms with Crippen LogP contribution in [0.15, 0.2) is 53.4 Å². The summed E-state index contributed by atoms with van der Waals surface area (Å²) < 4.78 is 27.5. The van der Waals surface area contributed by atoms with E-state index >= 15 is 0 Å². The number of sulfonamides is 1. The van der Waals surface area contributed by atoms with Gasteiger partial charge in [-0.05, 0) is 69.5 Å². The van der Waals surface area contributed by atoms with Crippen LogP contribution in [-0.4, -0.2) is 46.5 Å². The molecule has 34 heavy (non-hydrogen) atoms. The van der Waals surface area contributed by atoms with Crippen LogP contribution in [0.4, 0.5) is 5.82 Å². The Labute approximate surface area is 204 Å². The molecule has 0 radical (unpaired) electrons. The van der Waals surface area contributed by atoms with Crippen molar-refractivity contribution >= 4 is 27.2 Å². The molecule has 2 aromatic heterocycles. The number of aryl methyl sites for hydroxylation is 2. The number of hydrogen-bond acceptors (Lipinski definition) is 7. The van der Waals surface area contributed by atoms with Gasteiger partial charge in [-0.3, -0.25) is 4.90 Å². The Kier molecular flexibility index (Phi) is 5.74. The van der Waals surface area contributed by atoms with Crippen molar-refractivity contribution in [1.29, 1.82) is 0 Å². The van der Waals surface area contributed by atoms with Crippen molar-refractivity contribution in [2.24, 2.45) is 0 Å². The highest BCUT2D eigenvalue weighted by molar-refractivity contribution is 7.96. The van der Waals surface area contributed by atoms with Crippen LogP contribution in [0.5, 0.6) is 5.75 Å². The highest BCUT2D eigenvalue weighted by Crippen LogP contribution is 2.43. The Morgan fingerprint density at radius 3 is 2.76 bits per heavy atom. The van der Waals surface area contributed by atoms with Crippen molar-refractivity contribution in [2.45, 2.75) is 51.7 Å². The molecule has 1 saturated heterocycles. The smallest absolute Gasteiger partial charge is 0.259 e. The lowest BCUT2D eigenvalue weighted by Crippen LogP contribution is -2.56. The van der Waals surface area contributed by atoms with E-state index in [0.717, 1.165) is 33.9 Å². The third kappa shape index (κ3) is 4.01. The van der Waals surface area contributed by atoms with Crippen LogP contribution < -0.4 is 4.31 Å². The van der Waals surface area contributed by atoms with Crippen molar-refractivity contribution in [3.8, 4) is 17.0 Å². The van der Waals surface area contributed by atoms with E-state index in [9.17, 15) is 13.5 Å². The SMILES string of the molecule is Cc1cccc(N2[C@]3(C=CS2(=O)=O)CCN(Cc2ccc(O)c(-c4ncsc4C)c2)[C@@H](C)C3)n1. The van der Waals surface area contributed by atoms with Gasteiger partial charge in [-0.25, -0.2) is 22.7 Å². The number of thiazole rings is 1. The van der Waals surface area contributed by atoms with Crippen LogP contribution in [0, 0.1) is 13.8 Å². The second kappa shape index (κ2) is 8.48. The monoisotopic (exact) mass is 496 g/mol. The van der Waals surface area contributed by atoms with Gasteiger partial charge in [-0.15, -0.1) is 11.3 Å². The summed E-state index contributed by atoms with van der Waals surface area (Å²) in [5.41, 5.74) is 4.64. The summed E-state index contributed by atoms with van der Waals surface area (Å²) >= 11 is 1.56. The molecule has 1 N–H and O–H groups in total. The number of hydrogen-bond donors (Lipinski definition) is 1. The van der Waals surface area contributed by atoms with Gasteiger partial charge in [0.1, 0.15) is 11.6 Å². The van der Waals surface area contributed by atoms with Gasteiger partial charge >= 0.3 is 0 Å². The standard InChI is InChI=1S/C25H28N4O3S2/c1-17-5-4-6-23(27-17)29-25(10-12-34(29,31)32)9-11-28(18(2)14-25)15-20-7-8-22(30)21(13-20)24-19(3)33-16-26-24/h4-8,10,12-13,16,18,30H,9,11,14-15H2,1-3H3/t18-,25-/m0/s1. The van der Waals surface area contributed by atoms with Crippen molar-refractivity contribution in [2.75, 3.05) is 10.8 Å². The molecule has 0 bridgehead atoms. The first kappa shape index (κ1) is 23.0. The fourth-order valence-corrected chi connectivity index (χ4v) is 7.37. The van der Waals surface area contributed by atoms with E-state index in [1.807, 2.05) is 44.2 Å². The molecule has 4 heterocycles. The van der Waals surface area contributed by atoms with Gasteiger partial charge in [0.15, 0.2) is 0 Å². The number of likely N-dealkylation sites (tertiary alicyclic amines) is 1. The number of phenolic OH excluding ortho intramolecular Hbond substituents is 1. The van der Waals surface area contributed by atoms with E-state index in [1.165, 1.54) is 9.71 Å². The lowest BCUT2D eigenvalue weighted by Gasteiger charge is -2.47. The number of aromatic hydroxyl groups is 1. The molecule has 3 aromatic rings. The fraction of sp³-hybridized carbons (Fsp3) is 0.360. The predicted octanol–water partition coefficient (Wildman–Crippen LogP) is 4.61. The molecule has 0 unspecified atom stereocenters. The average molecular weight is 497 g/mol. The number of pyridine rings is 1. The van der Waals surface area contributed by atoms with Crippen LogP contribution in [0.2, 0.25) is 0 Å². The summed E-state index contributed by atoms with van der Waals surface area (Å²) in [6.07, 6.45) is 3.21. The van der Waals surface area contributed by atoms with E-state index in [1.54, 1.807) is 29.0 Å². The minimum Gasteiger partial charge on any atom is -0.507 e. The van der Waals surface area contributed by atoms with Crippen LogP contribution in [-0.2, 0) is 16.6 Å². The molecule has 1 aromatic carbocycles. The van der Waals surface area contributed by atoms with E-state index in [2.05, 4.69) is 21.8 Å². The highest BCUT2D eigenvalue weighted by Gasteiger charge is 2.49. The summed E-state index contributed by atoms with van der Waals surface area (Å²) in [5, 5.41) is 11.7. The lowest BCUT2D eigenvalue weighted by molar-refractivity contribution is 0.119. The molecule has 5 rings (SSSR count). The molecule has 2 aliphatic heterocycles. The maximum absolute atomic E-state index is 13.0. The minimum absolute atomic E-state index is 0.150. The van der Waals surface area contributed by atoms with Crippen molar-refractivity contribution < 1.29 is 13.5 Å². The fourth-order valence-electron chi connectivity index (χ4n) is 5.14. The Balaban J connectivity index is 1.38. The number of benzene rings is 1. The Morgan fingerprint density at radius 1 is 1.24 bits per heavy atom. The first-order chi connectivity index (χ1) is 16.2. The van der Waals surface area contributed by atoms with E-state index in [-0.39, 0.29) is 11.8 Å². The molecule has 9 heteroatoms. The molecule has 2 aliphatic rings. The average Bonchev–Trinajstić information content (AvgIpc) is 3.31. The number of aromatic nitrogens is 2. The van der Waals surface area contributed by atoms with Gasteiger partial charge in [-0.1, -0.05) is 12.1 Å². The quantitative estimate of drug-likeness (QED) is 0.567. The largest absolute Gasteiger partial charge is 0.507 e. The Bertz CT molecular complexity index is 1370. The normalized spacial score (nSPS) is 24.2. The topological polar surface area (TPSA) is 86.6 Å². The third-order valence-electron chi connectivity index (χ3n) is 6.84. The van der Waals surface area contributed by atoms with Crippen molar-refractivity contribution in [3.05, 3.63) is 69.5 Å². The van der Waals surface area contributed by atoms with Crippen molar-refractivity contribution in [1.82, 2.24) is 14.9 Å². The Morgan fingerprint density at radius 2 is 2.06 bits per heavy atom. The minimum atomic E-state index is -3.57. The lowest BCUT2D eigenvalue weighted by atomic mass is 9.83. The molecule has 0 saturated carbocycles. The number of anilines is 1. The van der Waals surface area contributed by atoms with Crippen LogP contribution >= 0.6 is 11.3 Å². The van der Waals surface area contributed by atoms with E-state index in [0.29, 0.717) is 25.2 Å². The summed E-state index contributed by atoms with van der Waals surface area (Å²) in [6.45, 7) is 7.48.